The second-order valence-corrected chi connectivity index (χ2v) is 5.96. The molecule has 2 aliphatic heterocycles. The molecule has 6 heteroatoms. The lowest BCUT2D eigenvalue weighted by atomic mass is 10.1. The summed E-state index contributed by atoms with van der Waals surface area (Å²) < 4.78 is 32.7. The molecule has 0 radical (unpaired) electrons. The Balaban J connectivity index is 1.49. The molecular weight excluding hydrogens is 302 g/mol. The molecule has 0 aromatic heterocycles. The van der Waals surface area contributed by atoms with E-state index in [-0.39, 0.29) is 17.6 Å². The van der Waals surface area contributed by atoms with Crippen LogP contribution >= 0.6 is 0 Å². The average Bonchev–Trinajstić information content (AvgIpc) is 3.00. The van der Waals surface area contributed by atoms with E-state index in [4.69, 9.17) is 4.74 Å². The molecule has 1 N–H and O–H groups in total. The molecule has 0 spiro atoms. The van der Waals surface area contributed by atoms with Gasteiger partial charge in [0.25, 0.3) is 0 Å². The van der Waals surface area contributed by atoms with Crippen LogP contribution in [0.25, 0.3) is 6.08 Å². The zero-order valence-electron chi connectivity index (χ0n) is 12.8. The minimum atomic E-state index is -0.690. The van der Waals surface area contributed by atoms with Crippen LogP contribution in [0.1, 0.15) is 18.4 Å². The Hall–Kier alpha value is -1.79. The van der Waals surface area contributed by atoms with Crippen LogP contribution in [0.3, 0.4) is 0 Å². The molecule has 2 atom stereocenters. The lowest BCUT2D eigenvalue weighted by Gasteiger charge is -2.35. The zero-order valence-corrected chi connectivity index (χ0v) is 12.8. The number of ether oxygens (including phenoxy) is 1. The number of rotatable bonds is 4. The number of halogens is 2. The molecule has 1 amide bonds. The minimum Gasteiger partial charge on any atom is -0.373 e. The third-order valence-electron chi connectivity index (χ3n) is 4.37. The number of hydrogen-bond acceptors (Lipinski definition) is 3. The van der Waals surface area contributed by atoms with Gasteiger partial charge in [-0.1, -0.05) is 6.07 Å². The molecule has 2 heterocycles. The van der Waals surface area contributed by atoms with Crippen molar-refractivity contribution in [2.24, 2.45) is 0 Å². The molecule has 1 aromatic rings. The van der Waals surface area contributed by atoms with E-state index in [1.165, 1.54) is 18.9 Å². The van der Waals surface area contributed by atoms with Crippen LogP contribution in [0, 0.1) is 11.6 Å². The molecule has 4 nitrogen and oxygen atoms in total. The molecule has 2 saturated heterocycles. The second-order valence-electron chi connectivity index (χ2n) is 5.96. The number of nitrogens with zero attached hydrogens (tertiary/aromatic N) is 1. The summed E-state index contributed by atoms with van der Waals surface area (Å²) in [7, 11) is 0. The van der Waals surface area contributed by atoms with Gasteiger partial charge in [0, 0.05) is 30.8 Å². The van der Waals surface area contributed by atoms with E-state index in [2.05, 4.69) is 10.2 Å². The molecule has 2 unspecified atom stereocenters. The van der Waals surface area contributed by atoms with Crippen molar-refractivity contribution < 1.29 is 18.3 Å². The SMILES string of the molecule is O=C(C=Cc1c(F)cccc1F)NCC1CN2CCCC2CO1. The summed E-state index contributed by atoms with van der Waals surface area (Å²) in [6.45, 7) is 3.00. The van der Waals surface area contributed by atoms with Gasteiger partial charge in [0.1, 0.15) is 11.6 Å². The van der Waals surface area contributed by atoms with Crippen LogP contribution in [0.15, 0.2) is 24.3 Å². The van der Waals surface area contributed by atoms with Gasteiger partial charge in [-0.2, -0.15) is 0 Å². The zero-order chi connectivity index (χ0) is 16.2. The summed E-state index contributed by atoms with van der Waals surface area (Å²) >= 11 is 0. The van der Waals surface area contributed by atoms with Crippen LogP contribution in [-0.2, 0) is 9.53 Å². The second kappa shape index (κ2) is 7.19. The third-order valence-corrected chi connectivity index (χ3v) is 4.37. The molecule has 124 valence electrons. The Morgan fingerprint density at radius 2 is 2.17 bits per heavy atom. The van der Waals surface area contributed by atoms with Gasteiger partial charge < -0.3 is 10.1 Å². The molecule has 23 heavy (non-hydrogen) atoms. The smallest absolute Gasteiger partial charge is 0.244 e. The van der Waals surface area contributed by atoms with Crippen molar-refractivity contribution in [2.45, 2.75) is 25.0 Å². The fraction of sp³-hybridized carbons (Fsp3) is 0.471. The fourth-order valence-electron chi connectivity index (χ4n) is 3.11. The van der Waals surface area contributed by atoms with Gasteiger partial charge in [-0.15, -0.1) is 0 Å². The van der Waals surface area contributed by atoms with Gasteiger partial charge in [0.15, 0.2) is 0 Å². The highest BCUT2D eigenvalue weighted by molar-refractivity contribution is 5.91. The summed E-state index contributed by atoms with van der Waals surface area (Å²) in [5.74, 6) is -1.77. The number of amides is 1. The van der Waals surface area contributed by atoms with Crippen LogP contribution < -0.4 is 5.32 Å². The van der Waals surface area contributed by atoms with Crippen molar-refractivity contribution in [1.29, 1.82) is 0 Å². The van der Waals surface area contributed by atoms with E-state index >= 15 is 0 Å². The first-order valence-electron chi connectivity index (χ1n) is 7.89. The molecule has 0 saturated carbocycles. The molecule has 3 rings (SSSR count). The Bertz CT molecular complexity index is 586. The summed E-state index contributed by atoms with van der Waals surface area (Å²) in [6, 6.07) is 4.12. The van der Waals surface area contributed by atoms with E-state index in [0.29, 0.717) is 19.2 Å². The van der Waals surface area contributed by atoms with Crippen molar-refractivity contribution in [3.05, 3.63) is 41.5 Å². The van der Waals surface area contributed by atoms with E-state index in [1.807, 2.05) is 0 Å². The topological polar surface area (TPSA) is 41.6 Å². The Kier molecular flexibility index (Phi) is 5.03. The maximum absolute atomic E-state index is 13.5. The fourth-order valence-corrected chi connectivity index (χ4v) is 3.11. The van der Waals surface area contributed by atoms with Gasteiger partial charge in [-0.05, 0) is 37.6 Å². The number of carbonyl (C=O) groups excluding carboxylic acids is 1. The van der Waals surface area contributed by atoms with Gasteiger partial charge >= 0.3 is 0 Å². The maximum Gasteiger partial charge on any atom is 0.244 e. The number of fused-ring (bicyclic) bond motifs is 1. The normalized spacial score (nSPS) is 24.8. The molecule has 0 aliphatic carbocycles. The van der Waals surface area contributed by atoms with E-state index in [1.54, 1.807) is 0 Å². The Morgan fingerprint density at radius 3 is 2.96 bits per heavy atom. The van der Waals surface area contributed by atoms with Gasteiger partial charge in [0.2, 0.25) is 5.91 Å². The molecule has 2 aliphatic rings. The highest BCUT2D eigenvalue weighted by Crippen LogP contribution is 2.22. The molecule has 1 aromatic carbocycles. The predicted octanol–water partition coefficient (Wildman–Crippen LogP) is 1.96. The van der Waals surface area contributed by atoms with Gasteiger partial charge in [0.05, 0.1) is 12.7 Å². The average molecular weight is 322 g/mol. The summed E-state index contributed by atoms with van der Waals surface area (Å²) in [5.41, 5.74) is -0.212. The largest absolute Gasteiger partial charge is 0.373 e. The highest BCUT2D eigenvalue weighted by Gasteiger charge is 2.32. The minimum absolute atomic E-state index is 0.0353. The van der Waals surface area contributed by atoms with E-state index in [0.717, 1.165) is 37.4 Å². The lowest BCUT2D eigenvalue weighted by Crippen LogP contribution is -2.49. The summed E-state index contributed by atoms with van der Waals surface area (Å²) in [5, 5.41) is 2.72. The predicted molar refractivity (Wildman–Crippen MR) is 82.7 cm³/mol. The number of carbonyl (C=O) groups is 1. The summed E-state index contributed by atoms with van der Waals surface area (Å²) in [6.07, 6.45) is 4.63. The van der Waals surface area contributed by atoms with Gasteiger partial charge in [-0.25, -0.2) is 8.78 Å². The first kappa shape index (κ1) is 16.1. The van der Waals surface area contributed by atoms with Crippen molar-refractivity contribution in [3.8, 4) is 0 Å². The van der Waals surface area contributed by atoms with Gasteiger partial charge in [-0.3, -0.25) is 9.69 Å². The maximum atomic E-state index is 13.5. The van der Waals surface area contributed by atoms with Crippen LogP contribution in [0.2, 0.25) is 0 Å². The van der Waals surface area contributed by atoms with E-state index < -0.39 is 11.6 Å². The third kappa shape index (κ3) is 3.95. The van der Waals surface area contributed by atoms with Crippen LogP contribution in [0.4, 0.5) is 8.78 Å². The van der Waals surface area contributed by atoms with Crippen molar-refractivity contribution in [1.82, 2.24) is 10.2 Å². The number of morpholine rings is 1. The highest BCUT2D eigenvalue weighted by atomic mass is 19.1. The Labute approximate surface area is 134 Å². The molecule has 0 bridgehead atoms. The van der Waals surface area contributed by atoms with Crippen molar-refractivity contribution in [2.75, 3.05) is 26.2 Å². The quantitative estimate of drug-likeness (QED) is 0.862. The number of nitrogens with one attached hydrogen (secondary N) is 1. The van der Waals surface area contributed by atoms with Crippen molar-refractivity contribution in [3.63, 3.8) is 0 Å². The summed E-state index contributed by atoms with van der Waals surface area (Å²) in [4.78, 5) is 14.2. The number of benzene rings is 1. The Morgan fingerprint density at radius 1 is 1.39 bits per heavy atom. The standard InChI is InChI=1S/C17H20F2N2O2/c18-15-4-1-5-16(19)14(15)6-7-17(22)20-9-13-10-21-8-2-3-12(21)11-23-13/h1,4-7,12-13H,2-3,8-11H2,(H,20,22). The molecule has 2 fully saturated rings. The lowest BCUT2D eigenvalue weighted by molar-refractivity contribution is -0.117. The van der Waals surface area contributed by atoms with Crippen LogP contribution in [-0.4, -0.2) is 49.2 Å². The first-order valence-corrected chi connectivity index (χ1v) is 7.89. The monoisotopic (exact) mass is 322 g/mol. The van der Waals surface area contributed by atoms with Crippen LogP contribution in [0.5, 0.6) is 0 Å². The number of hydrogen-bond donors (Lipinski definition) is 1. The first-order chi connectivity index (χ1) is 11.1. The molecular formula is C17H20F2N2O2. The van der Waals surface area contributed by atoms with E-state index in [9.17, 15) is 13.6 Å². The van der Waals surface area contributed by atoms with Crippen molar-refractivity contribution >= 4 is 12.0 Å².